The first-order chi connectivity index (χ1) is 12.9. The minimum absolute atomic E-state index is 0.0309. The van der Waals surface area contributed by atoms with E-state index < -0.39 is 11.8 Å². The van der Waals surface area contributed by atoms with Crippen LogP contribution >= 0.6 is 23.4 Å². The van der Waals surface area contributed by atoms with Crippen LogP contribution in [0.4, 0.5) is 5.69 Å². The highest BCUT2D eigenvalue weighted by atomic mass is 35.5. The summed E-state index contributed by atoms with van der Waals surface area (Å²) in [4.78, 5) is 35.7. The summed E-state index contributed by atoms with van der Waals surface area (Å²) >= 11 is 7.06. The number of rotatable bonds is 6. The molecule has 0 atom stereocenters. The lowest BCUT2D eigenvalue weighted by molar-refractivity contribution is -0.119. The van der Waals surface area contributed by atoms with Gasteiger partial charge in [0.2, 0.25) is 11.8 Å². The summed E-state index contributed by atoms with van der Waals surface area (Å²) in [5.74, 6) is -0.964. The summed E-state index contributed by atoms with van der Waals surface area (Å²) in [5.41, 5.74) is 7.71. The standard InChI is InChI=1S/C19H20ClN3O3S/c1-12-7-8-16(13(2)9-12)21-17(24)10-27-11-18(25)22-23-19(26)14-5-3-4-6-15(14)20/h3-9H,10-11H2,1-2H3,(H,21,24)(H,22,25)(H,23,26). The van der Waals surface area contributed by atoms with Crippen molar-refractivity contribution in [1.29, 1.82) is 0 Å². The molecule has 0 saturated carbocycles. The molecule has 0 radical (unpaired) electrons. The van der Waals surface area contributed by atoms with Gasteiger partial charge < -0.3 is 5.32 Å². The van der Waals surface area contributed by atoms with Crippen molar-refractivity contribution in [3.8, 4) is 0 Å². The van der Waals surface area contributed by atoms with E-state index >= 15 is 0 Å². The van der Waals surface area contributed by atoms with Gasteiger partial charge in [-0.05, 0) is 37.6 Å². The molecule has 3 amide bonds. The Morgan fingerprint density at radius 1 is 0.963 bits per heavy atom. The van der Waals surface area contributed by atoms with E-state index in [0.29, 0.717) is 5.02 Å². The van der Waals surface area contributed by atoms with Crippen LogP contribution < -0.4 is 16.2 Å². The van der Waals surface area contributed by atoms with E-state index in [-0.39, 0.29) is 23.0 Å². The minimum atomic E-state index is -0.508. The predicted octanol–water partition coefficient (Wildman–Crippen LogP) is 3.09. The maximum absolute atomic E-state index is 12.0. The second kappa shape index (κ2) is 9.99. The van der Waals surface area contributed by atoms with Crippen molar-refractivity contribution in [2.24, 2.45) is 0 Å². The zero-order valence-electron chi connectivity index (χ0n) is 15.0. The van der Waals surface area contributed by atoms with Gasteiger partial charge in [-0.1, -0.05) is 41.4 Å². The number of hydrazine groups is 1. The number of aryl methyl sites for hydroxylation is 2. The number of carbonyl (C=O) groups is 3. The second-order valence-electron chi connectivity index (χ2n) is 5.84. The maximum Gasteiger partial charge on any atom is 0.271 e. The molecule has 0 aliphatic carbocycles. The molecule has 0 bridgehead atoms. The Kier molecular flexibility index (Phi) is 7.69. The van der Waals surface area contributed by atoms with Gasteiger partial charge in [0.15, 0.2) is 0 Å². The monoisotopic (exact) mass is 405 g/mol. The normalized spacial score (nSPS) is 10.2. The number of thioether (sulfide) groups is 1. The SMILES string of the molecule is Cc1ccc(NC(=O)CSCC(=O)NNC(=O)c2ccccc2Cl)c(C)c1. The summed E-state index contributed by atoms with van der Waals surface area (Å²) in [6.07, 6.45) is 0. The van der Waals surface area contributed by atoms with Crippen molar-refractivity contribution in [2.45, 2.75) is 13.8 Å². The summed E-state index contributed by atoms with van der Waals surface area (Å²) in [6.45, 7) is 3.91. The lowest BCUT2D eigenvalue weighted by atomic mass is 10.1. The van der Waals surface area contributed by atoms with Crippen molar-refractivity contribution < 1.29 is 14.4 Å². The summed E-state index contributed by atoms with van der Waals surface area (Å²) in [6, 6.07) is 12.3. The molecular weight excluding hydrogens is 386 g/mol. The molecule has 0 fully saturated rings. The molecule has 8 heteroatoms. The third kappa shape index (κ3) is 6.62. The number of benzene rings is 2. The molecule has 2 aromatic rings. The number of amides is 3. The Labute approximate surface area is 167 Å². The van der Waals surface area contributed by atoms with Crippen LogP contribution in [0.1, 0.15) is 21.5 Å². The van der Waals surface area contributed by atoms with Crippen molar-refractivity contribution in [3.05, 3.63) is 64.2 Å². The second-order valence-corrected chi connectivity index (χ2v) is 7.23. The summed E-state index contributed by atoms with van der Waals surface area (Å²) in [5, 5.41) is 3.11. The fourth-order valence-corrected chi connectivity index (χ4v) is 3.09. The van der Waals surface area contributed by atoms with Crippen LogP contribution in [-0.2, 0) is 9.59 Å². The quantitative estimate of drug-likeness (QED) is 0.644. The number of nitrogens with one attached hydrogen (secondary N) is 3. The van der Waals surface area contributed by atoms with Crippen LogP contribution in [0, 0.1) is 13.8 Å². The van der Waals surface area contributed by atoms with E-state index in [9.17, 15) is 14.4 Å². The van der Waals surface area contributed by atoms with Crippen LogP contribution in [0.3, 0.4) is 0 Å². The number of anilines is 1. The topological polar surface area (TPSA) is 87.3 Å². The van der Waals surface area contributed by atoms with Gasteiger partial charge in [-0.3, -0.25) is 25.2 Å². The number of halogens is 1. The zero-order chi connectivity index (χ0) is 19.8. The smallest absolute Gasteiger partial charge is 0.271 e. The molecule has 6 nitrogen and oxygen atoms in total. The zero-order valence-corrected chi connectivity index (χ0v) is 16.5. The van der Waals surface area contributed by atoms with Crippen LogP contribution in [0.15, 0.2) is 42.5 Å². The summed E-state index contributed by atoms with van der Waals surface area (Å²) < 4.78 is 0. The van der Waals surface area contributed by atoms with Gasteiger partial charge >= 0.3 is 0 Å². The van der Waals surface area contributed by atoms with Gasteiger partial charge in [0.1, 0.15) is 0 Å². The third-order valence-corrected chi connectivity index (χ3v) is 4.82. The molecule has 0 spiro atoms. The molecule has 3 N–H and O–H groups in total. The molecule has 0 unspecified atom stereocenters. The maximum atomic E-state index is 12.0. The van der Waals surface area contributed by atoms with Crippen molar-refractivity contribution in [2.75, 3.05) is 16.8 Å². The van der Waals surface area contributed by atoms with Crippen molar-refractivity contribution in [3.63, 3.8) is 0 Å². The van der Waals surface area contributed by atoms with Crippen molar-refractivity contribution in [1.82, 2.24) is 10.9 Å². The minimum Gasteiger partial charge on any atom is -0.325 e. The Morgan fingerprint density at radius 2 is 1.67 bits per heavy atom. The highest BCUT2D eigenvalue weighted by Gasteiger charge is 2.11. The molecular formula is C19H20ClN3O3S. The molecule has 27 heavy (non-hydrogen) atoms. The molecule has 0 saturated heterocycles. The molecule has 0 aliphatic rings. The first-order valence-corrected chi connectivity index (χ1v) is 9.68. The van der Waals surface area contributed by atoms with Gasteiger partial charge in [-0.15, -0.1) is 11.8 Å². The van der Waals surface area contributed by atoms with Gasteiger partial charge in [0, 0.05) is 5.69 Å². The van der Waals surface area contributed by atoms with Gasteiger partial charge in [0.25, 0.3) is 5.91 Å². The highest BCUT2D eigenvalue weighted by Crippen LogP contribution is 2.16. The average molecular weight is 406 g/mol. The Bertz CT molecular complexity index is 858. The van der Waals surface area contributed by atoms with E-state index in [4.69, 9.17) is 11.6 Å². The fourth-order valence-electron chi connectivity index (χ4n) is 2.25. The number of hydrogen-bond acceptors (Lipinski definition) is 4. The van der Waals surface area contributed by atoms with Crippen molar-refractivity contribution >= 4 is 46.8 Å². The third-order valence-electron chi connectivity index (χ3n) is 3.56. The molecule has 0 aliphatic heterocycles. The van der Waals surface area contributed by atoms with E-state index in [1.54, 1.807) is 24.3 Å². The highest BCUT2D eigenvalue weighted by molar-refractivity contribution is 8.00. The molecule has 2 rings (SSSR count). The van der Waals surface area contributed by atoms with E-state index in [2.05, 4.69) is 16.2 Å². The molecule has 0 aromatic heterocycles. The van der Waals surface area contributed by atoms with E-state index in [1.165, 1.54) is 0 Å². The van der Waals surface area contributed by atoms with Crippen LogP contribution in [-0.4, -0.2) is 29.2 Å². The number of hydrogen-bond donors (Lipinski definition) is 3. The summed E-state index contributed by atoms with van der Waals surface area (Å²) in [7, 11) is 0. The van der Waals surface area contributed by atoms with Gasteiger partial charge in [-0.25, -0.2) is 0 Å². The van der Waals surface area contributed by atoms with E-state index in [0.717, 1.165) is 28.6 Å². The molecule has 0 heterocycles. The molecule has 142 valence electrons. The lowest BCUT2D eigenvalue weighted by Crippen LogP contribution is -2.42. The fraction of sp³-hybridized carbons (Fsp3) is 0.211. The Hall–Kier alpha value is -2.51. The van der Waals surface area contributed by atoms with Gasteiger partial charge in [-0.2, -0.15) is 0 Å². The average Bonchev–Trinajstić information content (AvgIpc) is 2.62. The first-order valence-electron chi connectivity index (χ1n) is 8.15. The number of carbonyl (C=O) groups excluding carboxylic acids is 3. The Balaban J connectivity index is 1.70. The van der Waals surface area contributed by atoms with Crippen LogP contribution in [0.25, 0.3) is 0 Å². The Morgan fingerprint density at radius 3 is 2.37 bits per heavy atom. The van der Waals surface area contributed by atoms with Crippen LogP contribution in [0.2, 0.25) is 5.02 Å². The van der Waals surface area contributed by atoms with E-state index in [1.807, 2.05) is 32.0 Å². The first kappa shape index (κ1) is 20.8. The lowest BCUT2D eigenvalue weighted by Gasteiger charge is -2.10. The predicted molar refractivity (Wildman–Crippen MR) is 109 cm³/mol. The van der Waals surface area contributed by atoms with Gasteiger partial charge in [0.05, 0.1) is 22.1 Å². The largest absolute Gasteiger partial charge is 0.325 e. The molecule has 2 aromatic carbocycles. The van der Waals surface area contributed by atoms with Crippen LogP contribution in [0.5, 0.6) is 0 Å².